The highest BCUT2D eigenvalue weighted by Crippen LogP contribution is 2.06. The van der Waals surface area contributed by atoms with Crippen molar-refractivity contribution in [1.82, 2.24) is 0 Å². The summed E-state index contributed by atoms with van der Waals surface area (Å²) in [5.41, 5.74) is 7.83. The van der Waals surface area contributed by atoms with Gasteiger partial charge in [0.15, 0.2) is 0 Å². The van der Waals surface area contributed by atoms with Crippen LogP contribution in [-0.2, 0) is 22.4 Å². The van der Waals surface area contributed by atoms with Gasteiger partial charge in [0.1, 0.15) is 6.04 Å². The average molecular weight is 329 g/mol. The zero-order valence-corrected chi connectivity index (χ0v) is 13.5. The second kappa shape index (κ2) is 11.0. The quantitative estimate of drug-likeness (QED) is 0.725. The summed E-state index contributed by atoms with van der Waals surface area (Å²) in [6.45, 7) is 0. The van der Waals surface area contributed by atoms with Gasteiger partial charge in [-0.25, -0.2) is 0 Å². The van der Waals surface area contributed by atoms with Crippen LogP contribution in [0.25, 0.3) is 0 Å². The number of benzene rings is 2. The van der Waals surface area contributed by atoms with Crippen LogP contribution < -0.4 is 5.73 Å². The van der Waals surface area contributed by atoms with Crippen LogP contribution in [0, 0.1) is 0 Å². The lowest BCUT2D eigenvalue weighted by Gasteiger charge is -2.01. The monoisotopic (exact) mass is 329 g/mol. The Kier molecular flexibility index (Phi) is 8.86. The molecular weight excluding hydrogens is 306 g/mol. The summed E-state index contributed by atoms with van der Waals surface area (Å²) in [7, 11) is 0. The average Bonchev–Trinajstić information content (AvgIpc) is 2.60. The number of rotatable bonds is 7. The van der Waals surface area contributed by atoms with Crippen LogP contribution in [0.15, 0.2) is 60.7 Å². The zero-order chi connectivity index (χ0) is 17.8. The van der Waals surface area contributed by atoms with Gasteiger partial charge in [-0.2, -0.15) is 0 Å². The Hall–Kier alpha value is -2.66. The molecule has 0 fully saturated rings. The van der Waals surface area contributed by atoms with Crippen molar-refractivity contribution in [2.24, 2.45) is 5.73 Å². The van der Waals surface area contributed by atoms with Gasteiger partial charge in [-0.3, -0.25) is 9.59 Å². The van der Waals surface area contributed by atoms with Gasteiger partial charge in [0.25, 0.3) is 0 Å². The molecule has 2 aromatic carbocycles. The number of hydrogen-bond acceptors (Lipinski definition) is 3. The number of carboxylic acids is 2. The predicted octanol–water partition coefficient (Wildman–Crippen LogP) is 2.73. The number of nitrogens with two attached hydrogens (primary N) is 1. The lowest BCUT2D eigenvalue weighted by atomic mass is 10.0. The number of aliphatic carboxylic acids is 2. The summed E-state index contributed by atoms with van der Waals surface area (Å²) < 4.78 is 0. The largest absolute Gasteiger partial charge is 0.481 e. The zero-order valence-electron chi connectivity index (χ0n) is 13.5. The van der Waals surface area contributed by atoms with E-state index >= 15 is 0 Å². The molecule has 0 spiro atoms. The molecular formula is C19H23NO4. The van der Waals surface area contributed by atoms with Gasteiger partial charge >= 0.3 is 11.9 Å². The Morgan fingerprint density at radius 3 is 1.58 bits per heavy atom. The molecule has 0 aliphatic carbocycles. The standard InChI is InChI=1S/C14H14.C5H9NO4/c1-3-7-13(8-4-1)11-12-14-9-5-2-6-10-14;6-3(5(9)10)1-2-4(7)8/h1-10H,11-12H2;3H,1-2,6H2,(H,7,8)(H,9,10)/t;3-/m.0/s1. The van der Waals surface area contributed by atoms with E-state index in [1.54, 1.807) is 0 Å². The first-order chi connectivity index (χ1) is 11.5. The number of carbonyl (C=O) groups is 2. The van der Waals surface area contributed by atoms with Crippen molar-refractivity contribution in [2.45, 2.75) is 31.7 Å². The third kappa shape index (κ3) is 8.70. The molecule has 0 amide bonds. The third-order valence-electron chi connectivity index (χ3n) is 3.37. The molecule has 0 saturated carbocycles. The molecule has 0 bridgehead atoms. The number of hydrogen-bond donors (Lipinski definition) is 3. The minimum absolute atomic E-state index is 0.0231. The van der Waals surface area contributed by atoms with Crippen molar-refractivity contribution in [3.63, 3.8) is 0 Å². The molecule has 4 N–H and O–H groups in total. The minimum atomic E-state index is -1.17. The molecule has 2 aromatic rings. The van der Waals surface area contributed by atoms with Gasteiger partial charge < -0.3 is 15.9 Å². The highest BCUT2D eigenvalue weighted by molar-refractivity contribution is 5.74. The third-order valence-corrected chi connectivity index (χ3v) is 3.37. The van der Waals surface area contributed by atoms with Gasteiger partial charge in [-0.05, 0) is 30.4 Å². The number of carboxylic acid groups (broad SMARTS) is 2. The van der Waals surface area contributed by atoms with Crippen LogP contribution in [0.5, 0.6) is 0 Å². The maximum atomic E-state index is 9.99. The predicted molar refractivity (Wildman–Crippen MR) is 92.8 cm³/mol. The summed E-state index contributed by atoms with van der Waals surface area (Å²) in [4.78, 5) is 19.9. The lowest BCUT2D eigenvalue weighted by molar-refractivity contribution is -0.139. The second-order valence-electron chi connectivity index (χ2n) is 5.35. The van der Waals surface area contributed by atoms with E-state index in [2.05, 4.69) is 60.7 Å². The van der Waals surface area contributed by atoms with E-state index in [-0.39, 0.29) is 12.8 Å². The Bertz CT molecular complexity index is 574. The van der Waals surface area contributed by atoms with Crippen LogP contribution in [0.4, 0.5) is 0 Å². The SMILES string of the molecule is N[C@@H](CCC(=O)O)C(=O)O.c1ccc(CCc2ccccc2)cc1. The topological polar surface area (TPSA) is 101 Å². The van der Waals surface area contributed by atoms with Crippen LogP contribution in [0.3, 0.4) is 0 Å². The van der Waals surface area contributed by atoms with Crippen LogP contribution in [0.2, 0.25) is 0 Å². The molecule has 128 valence electrons. The maximum absolute atomic E-state index is 9.99. The van der Waals surface area contributed by atoms with Crippen molar-refractivity contribution in [1.29, 1.82) is 0 Å². The smallest absolute Gasteiger partial charge is 0.320 e. The fraction of sp³-hybridized carbons (Fsp3) is 0.263. The fourth-order valence-electron chi connectivity index (χ4n) is 1.98. The van der Waals surface area contributed by atoms with Crippen molar-refractivity contribution in [2.75, 3.05) is 0 Å². The molecule has 1 atom stereocenters. The van der Waals surface area contributed by atoms with Crippen LogP contribution in [-0.4, -0.2) is 28.2 Å². The van der Waals surface area contributed by atoms with E-state index < -0.39 is 18.0 Å². The highest BCUT2D eigenvalue weighted by atomic mass is 16.4. The first kappa shape index (κ1) is 19.4. The summed E-state index contributed by atoms with van der Waals surface area (Å²) in [6.07, 6.45) is 2.04. The van der Waals surface area contributed by atoms with Crippen molar-refractivity contribution in [3.05, 3.63) is 71.8 Å². The molecule has 0 heterocycles. The molecule has 0 saturated heterocycles. The van der Waals surface area contributed by atoms with Crippen LogP contribution in [0.1, 0.15) is 24.0 Å². The van der Waals surface area contributed by atoms with Crippen LogP contribution >= 0.6 is 0 Å². The normalized spacial score (nSPS) is 11.0. The minimum Gasteiger partial charge on any atom is -0.481 e. The Morgan fingerprint density at radius 1 is 0.833 bits per heavy atom. The Balaban J connectivity index is 0.000000257. The lowest BCUT2D eigenvalue weighted by Crippen LogP contribution is -2.30. The molecule has 0 unspecified atom stereocenters. The van der Waals surface area contributed by atoms with Gasteiger partial charge in [-0.15, -0.1) is 0 Å². The van der Waals surface area contributed by atoms with E-state index in [1.807, 2.05) is 0 Å². The van der Waals surface area contributed by atoms with Gasteiger partial charge in [-0.1, -0.05) is 60.7 Å². The second-order valence-corrected chi connectivity index (χ2v) is 5.35. The summed E-state index contributed by atoms with van der Waals surface area (Å²) in [5, 5.41) is 16.3. The number of aryl methyl sites for hydroxylation is 2. The first-order valence-corrected chi connectivity index (χ1v) is 7.77. The molecule has 0 radical (unpaired) electrons. The van der Waals surface area contributed by atoms with Gasteiger partial charge in [0, 0.05) is 6.42 Å². The van der Waals surface area contributed by atoms with Crippen molar-refractivity contribution >= 4 is 11.9 Å². The summed E-state index contributed by atoms with van der Waals surface area (Å²) in [6, 6.07) is 20.2. The maximum Gasteiger partial charge on any atom is 0.320 e. The Morgan fingerprint density at radius 2 is 1.25 bits per heavy atom. The Labute approximate surface area is 141 Å². The molecule has 5 heteroatoms. The molecule has 0 aliphatic rings. The van der Waals surface area contributed by atoms with E-state index in [9.17, 15) is 9.59 Å². The molecule has 24 heavy (non-hydrogen) atoms. The van der Waals surface area contributed by atoms with Crippen molar-refractivity contribution < 1.29 is 19.8 Å². The van der Waals surface area contributed by atoms with E-state index in [0.29, 0.717) is 0 Å². The summed E-state index contributed by atoms with van der Waals surface area (Å²) in [5.74, 6) is -2.20. The first-order valence-electron chi connectivity index (χ1n) is 7.77. The fourth-order valence-corrected chi connectivity index (χ4v) is 1.98. The molecule has 5 nitrogen and oxygen atoms in total. The molecule has 0 aliphatic heterocycles. The van der Waals surface area contributed by atoms with E-state index in [1.165, 1.54) is 11.1 Å². The summed E-state index contributed by atoms with van der Waals surface area (Å²) >= 11 is 0. The van der Waals surface area contributed by atoms with E-state index in [0.717, 1.165) is 12.8 Å². The molecule has 0 aromatic heterocycles. The van der Waals surface area contributed by atoms with E-state index in [4.69, 9.17) is 15.9 Å². The molecule has 2 rings (SSSR count). The van der Waals surface area contributed by atoms with Gasteiger partial charge in [0.2, 0.25) is 0 Å². The highest BCUT2D eigenvalue weighted by Gasteiger charge is 2.12. The van der Waals surface area contributed by atoms with Gasteiger partial charge in [0.05, 0.1) is 0 Å². The van der Waals surface area contributed by atoms with Crippen molar-refractivity contribution in [3.8, 4) is 0 Å².